The van der Waals surface area contributed by atoms with Crippen molar-refractivity contribution in [3.05, 3.63) is 35.6 Å². The second-order valence-electron chi connectivity index (χ2n) is 3.22. The third kappa shape index (κ3) is 3.41. The summed E-state index contributed by atoms with van der Waals surface area (Å²) >= 11 is 0. The minimum atomic E-state index is -0.193. The number of hydrogen-bond donors (Lipinski definition) is 3. The molecule has 0 aliphatic carbocycles. The first kappa shape index (κ1) is 11.1. The number of nitrogens with one attached hydrogen (secondary N) is 1. The fourth-order valence-electron chi connectivity index (χ4n) is 1.12. The molecule has 0 saturated heterocycles. The van der Waals surface area contributed by atoms with Gasteiger partial charge in [-0.05, 0) is 6.07 Å². The van der Waals surface area contributed by atoms with Crippen molar-refractivity contribution in [3.8, 4) is 0 Å². The first-order chi connectivity index (χ1) is 6.74. The Morgan fingerprint density at radius 3 is 2.71 bits per heavy atom. The van der Waals surface area contributed by atoms with Crippen molar-refractivity contribution < 1.29 is 4.39 Å². The van der Waals surface area contributed by atoms with Gasteiger partial charge in [-0.3, -0.25) is 0 Å². The van der Waals surface area contributed by atoms with Crippen LogP contribution in [-0.2, 0) is 6.54 Å². The zero-order valence-electron chi connectivity index (χ0n) is 8.04. The zero-order chi connectivity index (χ0) is 10.4. The van der Waals surface area contributed by atoms with E-state index in [-0.39, 0.29) is 11.9 Å². The van der Waals surface area contributed by atoms with Crippen molar-refractivity contribution in [2.45, 2.75) is 12.6 Å². The fourth-order valence-corrected chi connectivity index (χ4v) is 1.12. The summed E-state index contributed by atoms with van der Waals surface area (Å²) in [6.07, 6.45) is 0. The lowest BCUT2D eigenvalue weighted by Crippen LogP contribution is -2.39. The van der Waals surface area contributed by atoms with E-state index in [2.05, 4.69) is 5.32 Å². The van der Waals surface area contributed by atoms with Crippen molar-refractivity contribution in [2.24, 2.45) is 11.5 Å². The summed E-state index contributed by atoms with van der Waals surface area (Å²) in [6.45, 7) is 1.52. The average molecular weight is 197 g/mol. The first-order valence-corrected chi connectivity index (χ1v) is 4.64. The smallest absolute Gasteiger partial charge is 0.127 e. The van der Waals surface area contributed by atoms with Gasteiger partial charge >= 0.3 is 0 Å². The van der Waals surface area contributed by atoms with Crippen LogP contribution >= 0.6 is 0 Å². The van der Waals surface area contributed by atoms with Crippen LogP contribution in [0.2, 0.25) is 0 Å². The molecule has 5 N–H and O–H groups in total. The predicted octanol–water partition coefficient (Wildman–Crippen LogP) is 0.201. The monoisotopic (exact) mass is 197 g/mol. The van der Waals surface area contributed by atoms with E-state index in [9.17, 15) is 4.39 Å². The quantitative estimate of drug-likeness (QED) is 0.632. The van der Waals surface area contributed by atoms with Crippen LogP contribution in [0.3, 0.4) is 0 Å². The summed E-state index contributed by atoms with van der Waals surface area (Å²) in [5.74, 6) is -0.193. The normalized spacial score (nSPS) is 12.8. The minimum Gasteiger partial charge on any atom is -0.329 e. The molecule has 1 rings (SSSR count). The van der Waals surface area contributed by atoms with Crippen molar-refractivity contribution in [1.82, 2.24) is 5.32 Å². The van der Waals surface area contributed by atoms with Gasteiger partial charge in [0.2, 0.25) is 0 Å². The van der Waals surface area contributed by atoms with Crippen molar-refractivity contribution in [3.63, 3.8) is 0 Å². The van der Waals surface area contributed by atoms with Crippen LogP contribution in [0.4, 0.5) is 4.39 Å². The molecule has 0 heterocycles. The Balaban J connectivity index is 2.35. The Hall–Kier alpha value is -0.970. The van der Waals surface area contributed by atoms with Crippen molar-refractivity contribution in [1.29, 1.82) is 0 Å². The van der Waals surface area contributed by atoms with E-state index in [1.54, 1.807) is 12.1 Å². The molecule has 0 radical (unpaired) electrons. The molecular weight excluding hydrogens is 181 g/mol. The Morgan fingerprint density at radius 2 is 2.07 bits per heavy atom. The Labute approximate surface area is 83.3 Å². The van der Waals surface area contributed by atoms with Gasteiger partial charge in [-0.1, -0.05) is 18.2 Å². The highest BCUT2D eigenvalue weighted by atomic mass is 19.1. The largest absolute Gasteiger partial charge is 0.329 e. The summed E-state index contributed by atoms with van der Waals surface area (Å²) < 4.78 is 13.1. The maximum absolute atomic E-state index is 13.1. The number of benzene rings is 1. The molecule has 0 aliphatic heterocycles. The molecule has 3 nitrogen and oxygen atoms in total. The molecule has 1 aromatic rings. The van der Waals surface area contributed by atoms with Gasteiger partial charge < -0.3 is 16.8 Å². The Morgan fingerprint density at radius 1 is 1.36 bits per heavy atom. The van der Waals surface area contributed by atoms with Crippen LogP contribution in [0.25, 0.3) is 0 Å². The Kier molecular flexibility index (Phi) is 4.52. The molecule has 0 amide bonds. The SMILES string of the molecule is NCC(N)CNCc1ccccc1F. The van der Waals surface area contributed by atoms with E-state index in [0.717, 1.165) is 0 Å². The van der Waals surface area contributed by atoms with Gasteiger partial charge in [-0.15, -0.1) is 0 Å². The summed E-state index contributed by atoms with van der Waals surface area (Å²) in [4.78, 5) is 0. The van der Waals surface area contributed by atoms with Gasteiger partial charge in [0.15, 0.2) is 0 Å². The van der Waals surface area contributed by atoms with Crippen LogP contribution in [0.1, 0.15) is 5.56 Å². The lowest BCUT2D eigenvalue weighted by molar-refractivity contribution is 0.556. The summed E-state index contributed by atoms with van der Waals surface area (Å²) in [6, 6.07) is 6.60. The van der Waals surface area contributed by atoms with Crippen LogP contribution in [0, 0.1) is 5.82 Å². The van der Waals surface area contributed by atoms with E-state index in [0.29, 0.717) is 25.2 Å². The molecule has 0 aromatic heterocycles. The molecule has 0 fully saturated rings. The third-order valence-electron chi connectivity index (χ3n) is 1.98. The van der Waals surface area contributed by atoms with Crippen LogP contribution in [0.15, 0.2) is 24.3 Å². The molecule has 78 valence electrons. The van der Waals surface area contributed by atoms with Crippen LogP contribution in [0.5, 0.6) is 0 Å². The standard InChI is InChI=1S/C10H16FN3/c11-10-4-2-1-3-8(10)6-14-7-9(13)5-12/h1-4,9,14H,5-7,12-13H2. The molecule has 0 spiro atoms. The van der Waals surface area contributed by atoms with Gasteiger partial charge in [0, 0.05) is 31.2 Å². The molecule has 1 aromatic carbocycles. The summed E-state index contributed by atoms with van der Waals surface area (Å²) in [7, 11) is 0. The lowest BCUT2D eigenvalue weighted by atomic mass is 10.2. The number of nitrogens with two attached hydrogens (primary N) is 2. The van der Waals surface area contributed by atoms with Crippen molar-refractivity contribution >= 4 is 0 Å². The minimum absolute atomic E-state index is 0.0678. The highest BCUT2D eigenvalue weighted by Crippen LogP contribution is 2.04. The van der Waals surface area contributed by atoms with E-state index in [4.69, 9.17) is 11.5 Å². The average Bonchev–Trinajstić information content (AvgIpc) is 2.20. The fraction of sp³-hybridized carbons (Fsp3) is 0.400. The van der Waals surface area contributed by atoms with Crippen molar-refractivity contribution in [2.75, 3.05) is 13.1 Å². The van der Waals surface area contributed by atoms with Gasteiger partial charge in [-0.2, -0.15) is 0 Å². The number of halogens is 1. The second-order valence-corrected chi connectivity index (χ2v) is 3.22. The molecule has 0 saturated carbocycles. The lowest BCUT2D eigenvalue weighted by Gasteiger charge is -2.10. The van der Waals surface area contributed by atoms with E-state index in [1.165, 1.54) is 6.07 Å². The zero-order valence-corrected chi connectivity index (χ0v) is 8.04. The van der Waals surface area contributed by atoms with Gasteiger partial charge in [0.25, 0.3) is 0 Å². The molecule has 1 atom stereocenters. The summed E-state index contributed by atoms with van der Waals surface area (Å²) in [5.41, 5.74) is 11.6. The molecular formula is C10H16FN3. The number of rotatable bonds is 5. The molecule has 4 heteroatoms. The maximum Gasteiger partial charge on any atom is 0.127 e. The third-order valence-corrected chi connectivity index (χ3v) is 1.98. The molecule has 14 heavy (non-hydrogen) atoms. The van der Waals surface area contributed by atoms with E-state index in [1.807, 2.05) is 6.07 Å². The van der Waals surface area contributed by atoms with Crippen LogP contribution < -0.4 is 16.8 Å². The number of hydrogen-bond acceptors (Lipinski definition) is 3. The van der Waals surface area contributed by atoms with Gasteiger partial charge in [-0.25, -0.2) is 4.39 Å². The topological polar surface area (TPSA) is 64.1 Å². The highest BCUT2D eigenvalue weighted by Gasteiger charge is 2.01. The van der Waals surface area contributed by atoms with Crippen LogP contribution in [-0.4, -0.2) is 19.1 Å². The molecule has 1 unspecified atom stereocenters. The highest BCUT2D eigenvalue weighted by molar-refractivity contribution is 5.16. The molecule has 0 bridgehead atoms. The maximum atomic E-state index is 13.1. The Bertz CT molecular complexity index is 278. The summed E-state index contributed by atoms with van der Waals surface area (Å²) in [5, 5.41) is 3.05. The first-order valence-electron chi connectivity index (χ1n) is 4.64. The van der Waals surface area contributed by atoms with Gasteiger partial charge in [0.05, 0.1) is 0 Å². The second kappa shape index (κ2) is 5.70. The van der Waals surface area contributed by atoms with E-state index >= 15 is 0 Å². The van der Waals surface area contributed by atoms with Gasteiger partial charge in [0.1, 0.15) is 5.82 Å². The predicted molar refractivity (Wildman–Crippen MR) is 55.1 cm³/mol. The molecule has 0 aliphatic rings. The van der Waals surface area contributed by atoms with E-state index < -0.39 is 0 Å².